The first-order chi connectivity index (χ1) is 17.6. The van der Waals surface area contributed by atoms with E-state index in [0.717, 1.165) is 42.3 Å². The molecule has 36 heavy (non-hydrogen) atoms. The zero-order valence-corrected chi connectivity index (χ0v) is 20.1. The number of aliphatic imine (C=N–C) groups is 1. The molecule has 0 radical (unpaired) electrons. The molecule has 0 unspecified atom stereocenters. The number of ether oxygens (including phenoxy) is 2. The Balaban J connectivity index is 1.15. The fraction of sp³-hybridized carbons (Fsp3) is 0.250. The Hall–Kier alpha value is -4.33. The number of piperidine rings is 1. The number of benzene rings is 3. The Morgan fingerprint density at radius 3 is 2.67 bits per heavy atom. The van der Waals surface area contributed by atoms with E-state index in [0.29, 0.717) is 35.5 Å². The molecular formula is C28H28N4O4. The van der Waals surface area contributed by atoms with Crippen LogP contribution in [0.4, 0.5) is 10.5 Å². The van der Waals surface area contributed by atoms with Gasteiger partial charge in [0.15, 0.2) is 5.70 Å². The van der Waals surface area contributed by atoms with Crippen LogP contribution in [0.2, 0.25) is 0 Å². The van der Waals surface area contributed by atoms with E-state index in [2.05, 4.69) is 20.5 Å². The number of nitrogens with one attached hydrogen (secondary N) is 2. The standard InChI is InChI=1S/C28H28N4O4/c1-35-25-12-5-4-11-23(25)31-28(34)29-17-19-13-15-32(16-14-19)18-24-27(33)36-26(30-24)22-10-6-8-20-7-2-3-9-21(20)22/h2-12,18-19H,13-17H2,1H3,(H2,29,31,34)/b24-18+. The Morgan fingerprint density at radius 1 is 1.08 bits per heavy atom. The Kier molecular flexibility index (Phi) is 6.84. The summed E-state index contributed by atoms with van der Waals surface area (Å²) in [6.07, 6.45) is 3.58. The highest BCUT2D eigenvalue weighted by molar-refractivity contribution is 6.16. The Bertz CT molecular complexity index is 1340. The minimum absolute atomic E-state index is 0.256. The summed E-state index contributed by atoms with van der Waals surface area (Å²) in [5, 5.41) is 7.84. The van der Waals surface area contributed by atoms with E-state index in [4.69, 9.17) is 9.47 Å². The van der Waals surface area contributed by atoms with E-state index >= 15 is 0 Å². The van der Waals surface area contributed by atoms with Crippen molar-refractivity contribution in [1.29, 1.82) is 0 Å². The van der Waals surface area contributed by atoms with Crippen LogP contribution in [0.3, 0.4) is 0 Å². The minimum atomic E-state index is -0.435. The zero-order valence-electron chi connectivity index (χ0n) is 20.1. The summed E-state index contributed by atoms with van der Waals surface area (Å²) in [7, 11) is 1.57. The number of urea groups is 1. The molecule has 1 fully saturated rings. The third kappa shape index (κ3) is 5.17. The van der Waals surface area contributed by atoms with E-state index in [9.17, 15) is 9.59 Å². The van der Waals surface area contributed by atoms with Gasteiger partial charge in [0.1, 0.15) is 5.75 Å². The maximum atomic E-state index is 12.5. The summed E-state index contributed by atoms with van der Waals surface area (Å²) < 4.78 is 10.8. The highest BCUT2D eigenvalue weighted by atomic mass is 16.6. The first kappa shape index (κ1) is 23.4. The predicted molar refractivity (Wildman–Crippen MR) is 139 cm³/mol. The van der Waals surface area contributed by atoms with Crippen LogP contribution in [-0.4, -0.2) is 49.5 Å². The van der Waals surface area contributed by atoms with Gasteiger partial charge >= 0.3 is 12.0 Å². The van der Waals surface area contributed by atoms with Gasteiger partial charge in [-0.05, 0) is 47.7 Å². The third-order valence-electron chi connectivity index (χ3n) is 6.50. The van der Waals surface area contributed by atoms with E-state index in [1.807, 2.05) is 54.6 Å². The summed E-state index contributed by atoms with van der Waals surface area (Å²) in [6, 6.07) is 20.9. The highest BCUT2D eigenvalue weighted by Crippen LogP contribution is 2.26. The Morgan fingerprint density at radius 2 is 1.83 bits per heavy atom. The lowest BCUT2D eigenvalue weighted by atomic mass is 9.97. The van der Waals surface area contributed by atoms with Gasteiger partial charge in [0, 0.05) is 31.4 Å². The molecule has 184 valence electrons. The lowest BCUT2D eigenvalue weighted by molar-refractivity contribution is -0.130. The number of fused-ring (bicyclic) bond motifs is 1. The van der Waals surface area contributed by atoms with Crippen molar-refractivity contribution in [3.63, 3.8) is 0 Å². The Labute approximate surface area is 209 Å². The first-order valence-electron chi connectivity index (χ1n) is 12.0. The van der Waals surface area contributed by atoms with Gasteiger partial charge in [-0.25, -0.2) is 14.6 Å². The van der Waals surface area contributed by atoms with Gasteiger partial charge in [-0.1, -0.05) is 48.5 Å². The highest BCUT2D eigenvalue weighted by Gasteiger charge is 2.27. The second-order valence-electron chi connectivity index (χ2n) is 8.86. The van der Waals surface area contributed by atoms with Crippen molar-refractivity contribution in [2.24, 2.45) is 10.9 Å². The molecule has 1 saturated heterocycles. The van der Waals surface area contributed by atoms with Gasteiger partial charge in [-0.15, -0.1) is 0 Å². The number of hydrogen-bond donors (Lipinski definition) is 2. The van der Waals surface area contributed by atoms with Gasteiger partial charge in [0.25, 0.3) is 0 Å². The summed E-state index contributed by atoms with van der Waals surface area (Å²) in [4.78, 5) is 31.4. The average Bonchev–Trinajstić information content (AvgIpc) is 3.27. The molecule has 0 aromatic heterocycles. The number of amides is 2. The van der Waals surface area contributed by atoms with Crippen LogP contribution in [0.25, 0.3) is 10.8 Å². The molecule has 0 atom stereocenters. The molecule has 3 aromatic carbocycles. The fourth-order valence-electron chi connectivity index (χ4n) is 4.54. The van der Waals surface area contributed by atoms with Crippen molar-refractivity contribution in [2.75, 3.05) is 32.1 Å². The number of likely N-dealkylation sites (tertiary alicyclic amines) is 1. The number of para-hydroxylation sites is 2. The monoisotopic (exact) mass is 484 g/mol. The molecule has 0 bridgehead atoms. The molecule has 5 rings (SSSR count). The maximum absolute atomic E-state index is 12.5. The predicted octanol–water partition coefficient (Wildman–Crippen LogP) is 4.53. The number of hydrogen-bond acceptors (Lipinski definition) is 6. The smallest absolute Gasteiger partial charge is 0.365 e. The molecule has 3 aromatic rings. The van der Waals surface area contributed by atoms with Crippen LogP contribution < -0.4 is 15.4 Å². The number of methoxy groups -OCH3 is 1. The molecule has 8 nitrogen and oxygen atoms in total. The van der Waals surface area contributed by atoms with Crippen LogP contribution in [0.5, 0.6) is 5.75 Å². The van der Waals surface area contributed by atoms with Crippen LogP contribution in [0, 0.1) is 5.92 Å². The molecular weight excluding hydrogens is 456 g/mol. The largest absolute Gasteiger partial charge is 0.495 e. The van der Waals surface area contributed by atoms with Crippen molar-refractivity contribution < 1.29 is 19.1 Å². The van der Waals surface area contributed by atoms with Crippen molar-refractivity contribution in [2.45, 2.75) is 12.8 Å². The van der Waals surface area contributed by atoms with Gasteiger partial charge < -0.3 is 25.0 Å². The summed E-state index contributed by atoms with van der Waals surface area (Å²) in [5.41, 5.74) is 1.75. The van der Waals surface area contributed by atoms with Crippen molar-refractivity contribution >= 4 is 34.4 Å². The van der Waals surface area contributed by atoms with E-state index in [1.54, 1.807) is 25.4 Å². The number of carbonyl (C=O) groups excluding carboxylic acids is 2. The van der Waals surface area contributed by atoms with Crippen molar-refractivity contribution in [3.05, 3.63) is 84.2 Å². The number of cyclic esters (lactones) is 1. The number of rotatable bonds is 6. The number of nitrogens with zero attached hydrogens (tertiary/aromatic N) is 2. The second-order valence-corrected chi connectivity index (χ2v) is 8.86. The van der Waals surface area contributed by atoms with Crippen molar-refractivity contribution in [1.82, 2.24) is 10.2 Å². The zero-order chi connectivity index (χ0) is 24.9. The van der Waals surface area contributed by atoms with Crippen LogP contribution in [0.1, 0.15) is 18.4 Å². The molecule has 0 saturated carbocycles. The molecule has 0 spiro atoms. The summed E-state index contributed by atoms with van der Waals surface area (Å²) in [6.45, 7) is 2.13. The van der Waals surface area contributed by atoms with Crippen LogP contribution in [-0.2, 0) is 9.53 Å². The minimum Gasteiger partial charge on any atom is -0.495 e. The number of carbonyl (C=O) groups is 2. The van der Waals surface area contributed by atoms with Crippen LogP contribution >= 0.6 is 0 Å². The lowest BCUT2D eigenvalue weighted by Crippen LogP contribution is -2.38. The molecule has 8 heteroatoms. The summed E-state index contributed by atoms with van der Waals surface area (Å²) >= 11 is 0. The molecule has 2 aliphatic heterocycles. The van der Waals surface area contributed by atoms with Crippen molar-refractivity contribution in [3.8, 4) is 5.75 Å². The topological polar surface area (TPSA) is 92.3 Å². The maximum Gasteiger partial charge on any atom is 0.365 e. The third-order valence-corrected chi connectivity index (χ3v) is 6.50. The van der Waals surface area contributed by atoms with Crippen LogP contribution in [0.15, 0.2) is 83.6 Å². The number of esters is 1. The van der Waals surface area contributed by atoms with E-state index in [1.165, 1.54) is 0 Å². The van der Waals surface area contributed by atoms with Gasteiger partial charge in [-0.3, -0.25) is 0 Å². The average molecular weight is 485 g/mol. The fourth-order valence-corrected chi connectivity index (χ4v) is 4.54. The molecule has 0 aliphatic carbocycles. The first-order valence-corrected chi connectivity index (χ1v) is 12.0. The molecule has 2 heterocycles. The summed E-state index contributed by atoms with van der Waals surface area (Å²) in [5.74, 6) is 0.872. The van der Waals surface area contributed by atoms with E-state index in [-0.39, 0.29) is 6.03 Å². The second kappa shape index (κ2) is 10.5. The molecule has 2 aliphatic rings. The molecule has 2 N–H and O–H groups in total. The van der Waals surface area contributed by atoms with Gasteiger partial charge in [0.2, 0.25) is 5.90 Å². The SMILES string of the molecule is COc1ccccc1NC(=O)NCC1CCN(/C=C2/N=C(c3cccc4ccccc34)OC2=O)CC1. The quantitative estimate of drug-likeness (QED) is 0.396. The number of anilines is 1. The van der Waals surface area contributed by atoms with Gasteiger partial charge in [-0.2, -0.15) is 0 Å². The van der Waals surface area contributed by atoms with E-state index < -0.39 is 5.97 Å². The normalized spacial score (nSPS) is 17.1. The lowest BCUT2D eigenvalue weighted by Gasteiger charge is -2.31. The molecule has 2 amide bonds. The van der Waals surface area contributed by atoms with Gasteiger partial charge in [0.05, 0.1) is 12.8 Å².